The molecule has 2 N–H and O–H groups in total. The van der Waals surface area contributed by atoms with Gasteiger partial charge in [-0.2, -0.15) is 0 Å². The summed E-state index contributed by atoms with van der Waals surface area (Å²) in [5.41, 5.74) is 5.47. The van der Waals surface area contributed by atoms with Crippen LogP contribution in [0.3, 0.4) is 0 Å². The molecule has 6 nitrogen and oxygen atoms in total. The Bertz CT molecular complexity index is 1010. The van der Waals surface area contributed by atoms with Crippen LogP contribution in [0.15, 0.2) is 73.1 Å². The third-order valence-corrected chi connectivity index (χ3v) is 5.40. The molecule has 0 saturated carbocycles. The van der Waals surface area contributed by atoms with Crippen LogP contribution in [0.1, 0.15) is 29.0 Å². The van der Waals surface area contributed by atoms with E-state index in [0.717, 1.165) is 27.8 Å². The van der Waals surface area contributed by atoms with Gasteiger partial charge in [0.15, 0.2) is 0 Å². The summed E-state index contributed by atoms with van der Waals surface area (Å²) in [7, 11) is 0. The van der Waals surface area contributed by atoms with Crippen molar-refractivity contribution in [2.75, 3.05) is 6.61 Å². The number of rotatable bonds is 7. The Morgan fingerprint density at radius 2 is 1.57 bits per heavy atom. The molecular formula is C24H22N2O4. The van der Waals surface area contributed by atoms with E-state index in [4.69, 9.17) is 4.74 Å². The van der Waals surface area contributed by atoms with Crippen LogP contribution in [0.4, 0.5) is 4.79 Å². The normalized spacial score (nSPS) is 13.2. The van der Waals surface area contributed by atoms with Crippen molar-refractivity contribution < 1.29 is 19.4 Å². The standard InChI is InChI=1S/C24H22N2O4/c27-23(28)22(10-9-16-11-13-25-14-12-16)26-24(29)30-15-21-19-7-3-1-5-17(19)18-6-2-4-8-20(18)21/h1-8,11-14,21-22H,9-10,15H2,(H,26,29)(H,27,28)/t22-/m0/s1. The zero-order valence-electron chi connectivity index (χ0n) is 16.3. The predicted molar refractivity (Wildman–Crippen MR) is 112 cm³/mol. The second-order valence-electron chi connectivity index (χ2n) is 7.25. The van der Waals surface area contributed by atoms with Crippen molar-refractivity contribution in [1.29, 1.82) is 0 Å². The highest BCUT2D eigenvalue weighted by atomic mass is 16.5. The Balaban J connectivity index is 1.38. The van der Waals surface area contributed by atoms with Crippen molar-refractivity contribution in [2.24, 2.45) is 0 Å². The topological polar surface area (TPSA) is 88.5 Å². The van der Waals surface area contributed by atoms with Crippen LogP contribution in [0.25, 0.3) is 11.1 Å². The number of aromatic nitrogens is 1. The fraction of sp³-hybridized carbons (Fsp3) is 0.208. The second-order valence-corrected chi connectivity index (χ2v) is 7.25. The average Bonchev–Trinajstić information content (AvgIpc) is 3.09. The van der Waals surface area contributed by atoms with Gasteiger partial charge in [0.1, 0.15) is 12.6 Å². The number of ether oxygens (including phenoxy) is 1. The fourth-order valence-corrected chi connectivity index (χ4v) is 3.90. The van der Waals surface area contributed by atoms with Gasteiger partial charge in [-0.25, -0.2) is 9.59 Å². The van der Waals surface area contributed by atoms with Crippen molar-refractivity contribution in [3.05, 3.63) is 89.7 Å². The van der Waals surface area contributed by atoms with Crippen LogP contribution in [0.5, 0.6) is 0 Å². The number of alkyl carbamates (subject to hydrolysis) is 1. The van der Waals surface area contributed by atoms with E-state index in [1.165, 1.54) is 0 Å². The first-order valence-electron chi connectivity index (χ1n) is 9.86. The number of nitrogens with one attached hydrogen (secondary N) is 1. The number of carboxylic acids is 1. The number of hydrogen-bond donors (Lipinski definition) is 2. The van der Waals surface area contributed by atoms with Crippen molar-refractivity contribution in [3.8, 4) is 11.1 Å². The van der Waals surface area contributed by atoms with Crippen molar-refractivity contribution in [1.82, 2.24) is 10.3 Å². The molecule has 0 unspecified atom stereocenters. The number of carbonyl (C=O) groups excluding carboxylic acids is 1. The highest BCUT2D eigenvalue weighted by Crippen LogP contribution is 2.44. The van der Waals surface area contributed by atoms with Crippen LogP contribution in [-0.4, -0.2) is 34.8 Å². The van der Waals surface area contributed by atoms with Crippen LogP contribution >= 0.6 is 0 Å². The number of hydrogen-bond acceptors (Lipinski definition) is 4. The monoisotopic (exact) mass is 402 g/mol. The van der Waals surface area contributed by atoms with Crippen LogP contribution < -0.4 is 5.32 Å². The molecule has 1 amide bonds. The Hall–Kier alpha value is -3.67. The Labute approximate surface area is 174 Å². The summed E-state index contributed by atoms with van der Waals surface area (Å²) in [6, 6.07) is 18.8. The second kappa shape index (κ2) is 8.78. The maximum atomic E-state index is 12.3. The molecular weight excluding hydrogens is 380 g/mol. The number of aliphatic carboxylic acids is 1. The minimum absolute atomic E-state index is 0.0664. The van der Waals surface area contributed by atoms with Crippen molar-refractivity contribution >= 4 is 12.1 Å². The zero-order valence-corrected chi connectivity index (χ0v) is 16.3. The van der Waals surface area contributed by atoms with Crippen LogP contribution in [-0.2, 0) is 16.0 Å². The minimum Gasteiger partial charge on any atom is -0.480 e. The summed E-state index contributed by atoms with van der Waals surface area (Å²) in [6.45, 7) is 0.149. The smallest absolute Gasteiger partial charge is 0.407 e. The number of benzene rings is 2. The fourth-order valence-electron chi connectivity index (χ4n) is 3.90. The Kier molecular flexibility index (Phi) is 5.75. The summed E-state index contributed by atoms with van der Waals surface area (Å²) in [4.78, 5) is 27.8. The maximum absolute atomic E-state index is 12.3. The summed E-state index contributed by atoms with van der Waals surface area (Å²) >= 11 is 0. The first kappa shape index (κ1) is 19.6. The van der Waals surface area contributed by atoms with E-state index in [-0.39, 0.29) is 18.9 Å². The number of carbonyl (C=O) groups is 2. The number of pyridine rings is 1. The SMILES string of the molecule is O=C(N[C@@H](CCc1ccncc1)C(=O)O)OCC1c2ccccc2-c2ccccc21. The zero-order chi connectivity index (χ0) is 20.9. The van der Waals surface area contributed by atoms with E-state index < -0.39 is 18.1 Å². The number of aryl methyl sites for hydroxylation is 1. The van der Waals surface area contributed by atoms with E-state index >= 15 is 0 Å². The number of carboxylic acid groups (broad SMARTS) is 1. The lowest BCUT2D eigenvalue weighted by Crippen LogP contribution is -2.41. The molecule has 30 heavy (non-hydrogen) atoms. The van der Waals surface area contributed by atoms with Gasteiger partial charge in [-0.15, -0.1) is 0 Å². The average molecular weight is 402 g/mol. The van der Waals surface area contributed by atoms with Gasteiger partial charge in [-0.1, -0.05) is 48.5 Å². The molecule has 152 valence electrons. The molecule has 1 heterocycles. The summed E-state index contributed by atoms with van der Waals surface area (Å²) in [6.07, 6.45) is 3.37. The van der Waals surface area contributed by atoms with Gasteiger partial charge in [0.05, 0.1) is 0 Å². The molecule has 6 heteroatoms. The highest BCUT2D eigenvalue weighted by Gasteiger charge is 2.29. The van der Waals surface area contributed by atoms with Crippen molar-refractivity contribution in [3.63, 3.8) is 0 Å². The van der Waals surface area contributed by atoms with Crippen LogP contribution in [0.2, 0.25) is 0 Å². The number of amides is 1. The van der Waals surface area contributed by atoms with Crippen molar-refractivity contribution in [2.45, 2.75) is 24.8 Å². The van der Waals surface area contributed by atoms with E-state index in [1.54, 1.807) is 12.4 Å². The van der Waals surface area contributed by atoms with E-state index in [9.17, 15) is 14.7 Å². The third kappa shape index (κ3) is 4.17. The molecule has 1 aliphatic carbocycles. The molecule has 4 rings (SSSR count). The van der Waals surface area contributed by atoms with Gasteiger partial charge in [0.2, 0.25) is 0 Å². The molecule has 0 fully saturated rings. The lowest BCUT2D eigenvalue weighted by molar-refractivity contribution is -0.139. The van der Waals surface area contributed by atoms with Gasteiger partial charge in [0.25, 0.3) is 0 Å². The summed E-state index contributed by atoms with van der Waals surface area (Å²) < 4.78 is 5.45. The molecule has 0 bridgehead atoms. The van der Waals surface area contributed by atoms with E-state index in [0.29, 0.717) is 6.42 Å². The Morgan fingerprint density at radius 3 is 2.17 bits per heavy atom. The quantitative estimate of drug-likeness (QED) is 0.623. The molecule has 0 spiro atoms. The predicted octanol–water partition coefficient (Wildman–Crippen LogP) is 4.01. The molecule has 1 atom stereocenters. The van der Waals surface area contributed by atoms with Gasteiger partial charge in [-0.05, 0) is 52.8 Å². The molecule has 2 aromatic carbocycles. The van der Waals surface area contributed by atoms with E-state index in [2.05, 4.69) is 22.4 Å². The lowest BCUT2D eigenvalue weighted by atomic mass is 9.98. The van der Waals surface area contributed by atoms with Gasteiger partial charge in [0, 0.05) is 18.3 Å². The Morgan fingerprint density at radius 1 is 0.967 bits per heavy atom. The number of nitrogens with zero attached hydrogens (tertiary/aromatic N) is 1. The molecule has 0 saturated heterocycles. The lowest BCUT2D eigenvalue weighted by Gasteiger charge is -2.17. The molecule has 1 aliphatic rings. The third-order valence-electron chi connectivity index (χ3n) is 5.40. The first-order chi connectivity index (χ1) is 14.6. The highest BCUT2D eigenvalue weighted by molar-refractivity contribution is 5.81. The molecule has 0 aliphatic heterocycles. The first-order valence-corrected chi connectivity index (χ1v) is 9.86. The van der Waals surface area contributed by atoms with Gasteiger partial charge < -0.3 is 15.2 Å². The molecule has 3 aromatic rings. The molecule has 0 radical (unpaired) electrons. The maximum Gasteiger partial charge on any atom is 0.407 e. The van der Waals surface area contributed by atoms with Gasteiger partial charge in [-0.3, -0.25) is 4.98 Å². The molecule has 1 aromatic heterocycles. The number of fused-ring (bicyclic) bond motifs is 3. The summed E-state index contributed by atoms with van der Waals surface area (Å²) in [5, 5.41) is 11.9. The summed E-state index contributed by atoms with van der Waals surface area (Å²) in [5.74, 6) is -1.15. The minimum atomic E-state index is -1.09. The van der Waals surface area contributed by atoms with Gasteiger partial charge >= 0.3 is 12.1 Å². The van der Waals surface area contributed by atoms with E-state index in [1.807, 2.05) is 48.5 Å². The largest absolute Gasteiger partial charge is 0.480 e. The van der Waals surface area contributed by atoms with Crippen LogP contribution in [0, 0.1) is 0 Å².